The second-order valence-electron chi connectivity index (χ2n) is 5.06. The fraction of sp³-hybridized carbons (Fsp3) is 0. The summed E-state index contributed by atoms with van der Waals surface area (Å²) in [7, 11) is 0. The maximum Gasteiger partial charge on any atom is 0.135 e. The molecule has 1 aromatic heterocycles. The van der Waals surface area contributed by atoms with Gasteiger partial charge in [0.15, 0.2) is 0 Å². The standard InChI is InChI=1S/C19H12BrNO/c20-17-7-3-1-5-13(17)12-21-14-9-10-19-16(11-14)15-6-2-4-8-18(15)22-19/h1-12H. The van der Waals surface area contributed by atoms with Crippen LogP contribution in [0.5, 0.6) is 0 Å². The van der Waals surface area contributed by atoms with Gasteiger partial charge in [-0.15, -0.1) is 0 Å². The number of halogens is 1. The summed E-state index contributed by atoms with van der Waals surface area (Å²) in [5, 5.41) is 2.22. The topological polar surface area (TPSA) is 25.5 Å². The van der Waals surface area contributed by atoms with Crippen LogP contribution in [0.3, 0.4) is 0 Å². The molecule has 0 radical (unpaired) electrons. The fourth-order valence-electron chi connectivity index (χ4n) is 2.52. The molecule has 3 heteroatoms. The zero-order valence-corrected chi connectivity index (χ0v) is 13.2. The summed E-state index contributed by atoms with van der Waals surface area (Å²) in [5.41, 5.74) is 3.76. The van der Waals surface area contributed by atoms with E-state index in [-0.39, 0.29) is 0 Å². The highest BCUT2D eigenvalue weighted by molar-refractivity contribution is 9.10. The molecule has 0 saturated carbocycles. The van der Waals surface area contributed by atoms with Gasteiger partial charge in [0.05, 0.1) is 5.69 Å². The Kier molecular flexibility index (Phi) is 3.28. The van der Waals surface area contributed by atoms with E-state index in [0.717, 1.165) is 37.7 Å². The normalized spacial score (nSPS) is 11.7. The average Bonchev–Trinajstić information content (AvgIpc) is 2.92. The Labute approximate surface area is 136 Å². The third kappa shape index (κ3) is 2.34. The van der Waals surface area contributed by atoms with Gasteiger partial charge in [-0.25, -0.2) is 0 Å². The Bertz CT molecular complexity index is 1000. The van der Waals surface area contributed by atoms with Crippen LogP contribution >= 0.6 is 15.9 Å². The minimum atomic E-state index is 0.890. The summed E-state index contributed by atoms with van der Waals surface area (Å²) in [6, 6.07) is 22.1. The molecule has 0 spiro atoms. The van der Waals surface area contributed by atoms with E-state index in [1.807, 2.05) is 60.8 Å². The van der Waals surface area contributed by atoms with Gasteiger partial charge in [-0.3, -0.25) is 4.99 Å². The first-order valence-electron chi connectivity index (χ1n) is 7.01. The van der Waals surface area contributed by atoms with Crippen molar-refractivity contribution in [2.45, 2.75) is 0 Å². The molecule has 0 saturated heterocycles. The molecule has 4 aromatic rings. The van der Waals surface area contributed by atoms with Gasteiger partial charge < -0.3 is 4.42 Å². The summed E-state index contributed by atoms with van der Waals surface area (Å²) in [6.07, 6.45) is 1.87. The van der Waals surface area contributed by atoms with Gasteiger partial charge in [0, 0.05) is 27.0 Å². The predicted octanol–water partition coefficient (Wildman–Crippen LogP) is 6.10. The molecular weight excluding hydrogens is 338 g/mol. The van der Waals surface area contributed by atoms with E-state index >= 15 is 0 Å². The lowest BCUT2D eigenvalue weighted by Crippen LogP contribution is -1.81. The van der Waals surface area contributed by atoms with Crippen molar-refractivity contribution < 1.29 is 4.42 Å². The van der Waals surface area contributed by atoms with Gasteiger partial charge in [0.1, 0.15) is 11.2 Å². The van der Waals surface area contributed by atoms with E-state index < -0.39 is 0 Å². The number of hydrogen-bond donors (Lipinski definition) is 0. The van der Waals surface area contributed by atoms with E-state index in [1.54, 1.807) is 0 Å². The Hall–Kier alpha value is -2.39. The Morgan fingerprint density at radius 1 is 0.818 bits per heavy atom. The summed E-state index contributed by atoms with van der Waals surface area (Å²) in [6.45, 7) is 0. The van der Waals surface area contributed by atoms with Crippen LogP contribution in [0.1, 0.15) is 5.56 Å². The molecule has 106 valence electrons. The quantitative estimate of drug-likeness (QED) is 0.401. The van der Waals surface area contributed by atoms with Crippen molar-refractivity contribution in [3.05, 3.63) is 76.8 Å². The summed E-state index contributed by atoms with van der Waals surface area (Å²) in [4.78, 5) is 4.58. The molecule has 0 unspecified atom stereocenters. The zero-order valence-electron chi connectivity index (χ0n) is 11.7. The first-order chi connectivity index (χ1) is 10.8. The van der Waals surface area contributed by atoms with Crippen molar-refractivity contribution >= 4 is 49.8 Å². The van der Waals surface area contributed by atoms with Crippen molar-refractivity contribution in [3.63, 3.8) is 0 Å². The SMILES string of the molecule is Brc1ccccc1C=Nc1ccc2oc3ccccc3c2c1. The molecule has 0 atom stereocenters. The first kappa shape index (κ1) is 13.3. The lowest BCUT2D eigenvalue weighted by molar-refractivity contribution is 0.669. The molecule has 0 aliphatic rings. The lowest BCUT2D eigenvalue weighted by Gasteiger charge is -1.97. The van der Waals surface area contributed by atoms with Crippen molar-refractivity contribution in [2.75, 3.05) is 0 Å². The van der Waals surface area contributed by atoms with Gasteiger partial charge in [0.2, 0.25) is 0 Å². The molecule has 3 aromatic carbocycles. The number of rotatable bonds is 2. The Morgan fingerprint density at radius 3 is 2.50 bits per heavy atom. The van der Waals surface area contributed by atoms with E-state index in [2.05, 4.69) is 33.1 Å². The number of fused-ring (bicyclic) bond motifs is 3. The van der Waals surface area contributed by atoms with Gasteiger partial charge >= 0.3 is 0 Å². The first-order valence-corrected chi connectivity index (χ1v) is 7.80. The summed E-state index contributed by atoms with van der Waals surface area (Å²) in [5.74, 6) is 0. The van der Waals surface area contributed by atoms with Crippen LogP contribution in [0.15, 0.2) is 80.6 Å². The molecule has 0 bridgehead atoms. The van der Waals surface area contributed by atoms with Gasteiger partial charge in [0.25, 0.3) is 0 Å². The monoisotopic (exact) mass is 349 g/mol. The second-order valence-corrected chi connectivity index (χ2v) is 5.91. The maximum atomic E-state index is 5.83. The van der Waals surface area contributed by atoms with Crippen molar-refractivity contribution in [1.82, 2.24) is 0 Å². The third-order valence-corrected chi connectivity index (χ3v) is 4.34. The zero-order chi connectivity index (χ0) is 14.9. The number of nitrogens with zero attached hydrogens (tertiary/aromatic N) is 1. The van der Waals surface area contributed by atoms with E-state index in [0.29, 0.717) is 0 Å². The van der Waals surface area contributed by atoms with Crippen LogP contribution in [-0.2, 0) is 0 Å². The largest absolute Gasteiger partial charge is 0.456 e. The van der Waals surface area contributed by atoms with E-state index in [1.165, 1.54) is 0 Å². The van der Waals surface area contributed by atoms with E-state index in [9.17, 15) is 0 Å². The predicted molar refractivity (Wildman–Crippen MR) is 95.1 cm³/mol. The van der Waals surface area contributed by atoms with Gasteiger partial charge in [-0.1, -0.05) is 52.3 Å². The Balaban J connectivity index is 1.79. The highest BCUT2D eigenvalue weighted by Gasteiger charge is 2.06. The molecule has 0 aliphatic heterocycles. The average molecular weight is 350 g/mol. The van der Waals surface area contributed by atoms with Crippen LogP contribution in [0.4, 0.5) is 5.69 Å². The molecule has 22 heavy (non-hydrogen) atoms. The number of hydrogen-bond acceptors (Lipinski definition) is 2. The smallest absolute Gasteiger partial charge is 0.135 e. The van der Waals surface area contributed by atoms with Crippen LogP contribution in [0, 0.1) is 0 Å². The third-order valence-electron chi connectivity index (χ3n) is 3.62. The minimum absolute atomic E-state index is 0.890. The van der Waals surface area contributed by atoms with Crippen molar-refractivity contribution in [3.8, 4) is 0 Å². The minimum Gasteiger partial charge on any atom is -0.456 e. The Morgan fingerprint density at radius 2 is 1.59 bits per heavy atom. The number of para-hydroxylation sites is 1. The molecule has 4 rings (SSSR count). The van der Waals surface area contributed by atoms with Gasteiger partial charge in [-0.2, -0.15) is 0 Å². The van der Waals surface area contributed by atoms with Crippen LogP contribution < -0.4 is 0 Å². The number of benzene rings is 3. The molecule has 0 N–H and O–H groups in total. The fourth-order valence-corrected chi connectivity index (χ4v) is 2.91. The molecule has 1 heterocycles. The number of furan rings is 1. The van der Waals surface area contributed by atoms with Crippen LogP contribution in [0.25, 0.3) is 21.9 Å². The highest BCUT2D eigenvalue weighted by Crippen LogP contribution is 2.31. The molecule has 2 nitrogen and oxygen atoms in total. The molecule has 0 aliphatic carbocycles. The highest BCUT2D eigenvalue weighted by atomic mass is 79.9. The maximum absolute atomic E-state index is 5.83. The number of aliphatic imine (C=N–C) groups is 1. The van der Waals surface area contributed by atoms with Crippen molar-refractivity contribution in [1.29, 1.82) is 0 Å². The summed E-state index contributed by atoms with van der Waals surface area (Å²) < 4.78 is 6.87. The lowest BCUT2D eigenvalue weighted by atomic mass is 10.1. The molecule has 0 amide bonds. The molecule has 0 fully saturated rings. The second kappa shape index (κ2) is 5.43. The van der Waals surface area contributed by atoms with E-state index in [4.69, 9.17) is 4.42 Å². The van der Waals surface area contributed by atoms with Crippen LogP contribution in [-0.4, -0.2) is 6.21 Å². The summed E-state index contributed by atoms with van der Waals surface area (Å²) >= 11 is 3.53. The van der Waals surface area contributed by atoms with Gasteiger partial charge in [-0.05, 0) is 30.3 Å². The van der Waals surface area contributed by atoms with Crippen molar-refractivity contribution in [2.24, 2.45) is 4.99 Å². The molecular formula is C19H12BrNO. The van der Waals surface area contributed by atoms with Crippen LogP contribution in [0.2, 0.25) is 0 Å².